The predicted molar refractivity (Wildman–Crippen MR) is 259 cm³/mol. The number of fused-ring (bicyclic) bond motifs is 1. The number of benzene rings is 2. The highest BCUT2D eigenvalue weighted by molar-refractivity contribution is 7.89. The summed E-state index contributed by atoms with van der Waals surface area (Å²) in [6.07, 6.45) is 11.4. The number of piperidine rings is 1. The number of hydrogen-bond donors (Lipinski definition) is 6. The van der Waals surface area contributed by atoms with E-state index < -0.39 is 39.7 Å². The molecule has 4 aliphatic rings. The highest BCUT2D eigenvalue weighted by atomic mass is 32.2. The van der Waals surface area contributed by atoms with Crippen LogP contribution in [0.25, 0.3) is 0 Å². The Morgan fingerprint density at radius 3 is 2.23 bits per heavy atom. The molecule has 0 radical (unpaired) electrons. The molecule has 21 heteroatoms. The molecule has 1 atom stereocenters. The first-order chi connectivity index (χ1) is 33.5. The second-order valence-electron chi connectivity index (χ2n) is 17.6. The van der Waals surface area contributed by atoms with E-state index in [9.17, 15) is 32.4 Å². The Morgan fingerprint density at radius 2 is 1.52 bits per heavy atom. The normalized spacial score (nSPS) is 18.0. The number of sulfonamides is 1. The van der Waals surface area contributed by atoms with Crippen LogP contribution in [0.1, 0.15) is 116 Å². The van der Waals surface area contributed by atoms with Crippen molar-refractivity contribution in [1.82, 2.24) is 34.7 Å². The fourth-order valence-electron chi connectivity index (χ4n) is 8.81. The summed E-state index contributed by atoms with van der Waals surface area (Å²) in [4.78, 5) is 75.1. The lowest BCUT2D eigenvalue weighted by Gasteiger charge is -2.34. The molecule has 2 aromatic carbocycles. The van der Waals surface area contributed by atoms with Gasteiger partial charge in [0.25, 0.3) is 11.8 Å². The van der Waals surface area contributed by atoms with Gasteiger partial charge in [0.2, 0.25) is 27.8 Å². The summed E-state index contributed by atoms with van der Waals surface area (Å²) >= 11 is 0. The lowest BCUT2D eigenvalue weighted by atomic mass is 9.95. The summed E-state index contributed by atoms with van der Waals surface area (Å²) in [5.41, 5.74) is 2.24. The third-order valence-electron chi connectivity index (χ3n) is 12.7. The van der Waals surface area contributed by atoms with Gasteiger partial charge in [-0.1, -0.05) is 50.8 Å². The van der Waals surface area contributed by atoms with E-state index in [1.54, 1.807) is 41.4 Å². The third-order valence-corrected chi connectivity index (χ3v) is 14.6. The van der Waals surface area contributed by atoms with Gasteiger partial charge in [-0.25, -0.2) is 18.2 Å². The van der Waals surface area contributed by atoms with Gasteiger partial charge >= 0.3 is 6.03 Å². The second kappa shape index (κ2) is 24.5. The number of aromatic nitrogens is 2. The molecular weight excluding hydrogens is 907 g/mol. The first kappa shape index (κ1) is 50.8. The number of anilines is 3. The van der Waals surface area contributed by atoms with E-state index in [0.29, 0.717) is 87.4 Å². The number of carbonyl (C=O) groups excluding carboxylic acids is 5. The van der Waals surface area contributed by atoms with Crippen LogP contribution < -0.4 is 26.6 Å². The number of piperazine rings is 1. The van der Waals surface area contributed by atoms with Crippen LogP contribution in [0, 0.1) is 5.41 Å². The van der Waals surface area contributed by atoms with E-state index in [-0.39, 0.29) is 72.8 Å². The number of unbranched alkanes of at least 4 members (excludes halogenated alkanes) is 1. The fourth-order valence-corrected chi connectivity index (χ4v) is 10.2. The molecule has 0 spiro atoms. The average Bonchev–Trinajstić information content (AvgIpc) is 3.61. The maximum Gasteiger partial charge on any atom is 0.317 e. The smallest absolute Gasteiger partial charge is 0.317 e. The zero-order valence-corrected chi connectivity index (χ0v) is 40.2. The van der Waals surface area contributed by atoms with E-state index in [0.717, 1.165) is 50.0 Å². The quantitative estimate of drug-likeness (QED) is 0.0408. The van der Waals surface area contributed by atoms with Crippen molar-refractivity contribution in [1.29, 1.82) is 5.41 Å². The topological polar surface area (TPSA) is 257 Å². The average molecular weight is 972 g/mol. The van der Waals surface area contributed by atoms with Gasteiger partial charge in [-0.15, -0.1) is 0 Å². The number of carbonyl (C=O) groups is 5. The lowest BCUT2D eigenvalue weighted by molar-refractivity contribution is -0.136. The first-order valence-corrected chi connectivity index (χ1v) is 25.7. The zero-order valence-electron chi connectivity index (χ0n) is 39.4. The van der Waals surface area contributed by atoms with Crippen molar-refractivity contribution in [3.63, 3.8) is 0 Å². The van der Waals surface area contributed by atoms with Gasteiger partial charge in [0, 0.05) is 102 Å². The molecule has 69 heavy (non-hydrogen) atoms. The molecular formula is C48H65N11O9S. The molecule has 3 aliphatic heterocycles. The molecule has 3 aromatic rings. The predicted octanol–water partition coefficient (Wildman–Crippen LogP) is 4.58. The lowest BCUT2D eigenvalue weighted by Crippen LogP contribution is -2.54. The summed E-state index contributed by atoms with van der Waals surface area (Å²) in [6, 6.07) is 10.3. The van der Waals surface area contributed by atoms with E-state index >= 15 is 0 Å². The molecule has 7 rings (SSSR count). The Bertz CT molecular complexity index is 2420. The molecule has 6 N–H and O–H groups in total. The Kier molecular flexibility index (Phi) is 18.0. The summed E-state index contributed by atoms with van der Waals surface area (Å²) in [7, 11) is -3.83. The number of urea groups is 1. The highest BCUT2D eigenvalue weighted by Gasteiger charge is 2.45. The van der Waals surface area contributed by atoms with Crippen molar-refractivity contribution in [2.75, 3.05) is 88.2 Å². The molecule has 1 aliphatic carbocycles. The summed E-state index contributed by atoms with van der Waals surface area (Å²) in [6.45, 7) is 6.49. The van der Waals surface area contributed by atoms with Gasteiger partial charge in [0.15, 0.2) is 0 Å². The van der Waals surface area contributed by atoms with Crippen LogP contribution in [0.3, 0.4) is 0 Å². The maximum atomic E-state index is 13.6. The van der Waals surface area contributed by atoms with Crippen LogP contribution >= 0.6 is 0 Å². The molecule has 372 valence electrons. The fraction of sp³-hybridized carbons (Fsp3) is 0.542. The number of nitrogens with zero attached hydrogens (tertiary/aromatic N) is 5. The van der Waals surface area contributed by atoms with Crippen LogP contribution in [-0.2, 0) is 29.1 Å². The summed E-state index contributed by atoms with van der Waals surface area (Å²) < 4.78 is 40.1. The minimum Gasteiger partial charge on any atom is -0.384 e. The van der Waals surface area contributed by atoms with Crippen molar-refractivity contribution in [3.05, 3.63) is 70.9 Å². The highest BCUT2D eigenvalue weighted by Crippen LogP contribution is 2.33. The van der Waals surface area contributed by atoms with Gasteiger partial charge in [0.05, 0.1) is 27.3 Å². The standard InChI is InChI=1S/C48H65N11O9S/c1-2-3-21-51-47-53-32-37(43(56-47)54-34-11-5-4-6-12-34)42(49)33-15-17-35(18-16-33)69(65,66)58-26-24-57(25-27-58)48(64)52-23-9-29-68-31-10-30-67-28-8-22-50-38-14-7-13-36-41(38)46(63)59(45(36)62)39-19-20-40(60)55-44(39)61/h7,13-18,32,34,39,49-50H,2-6,8-12,19-31H2,1H3,(H,52,64)(H,55,60,61)(H2,51,53,54,56). The zero-order chi connectivity index (χ0) is 48.8. The monoisotopic (exact) mass is 971 g/mol. The number of imide groups is 2. The van der Waals surface area contributed by atoms with Crippen LogP contribution in [0.15, 0.2) is 53.6 Å². The minimum atomic E-state index is -3.83. The van der Waals surface area contributed by atoms with Crippen LogP contribution in [0.4, 0.5) is 22.2 Å². The van der Waals surface area contributed by atoms with Crippen molar-refractivity contribution in [2.45, 2.75) is 101 Å². The van der Waals surface area contributed by atoms with E-state index in [1.807, 2.05) is 0 Å². The third kappa shape index (κ3) is 13.0. The SMILES string of the molecule is CCCCNc1ncc(C(=N)c2ccc(S(=O)(=O)N3CCN(C(=O)NCCCOCCCOCCCNc4cccc5c4C(=O)N(C4CCC(=O)NC4=O)C5=O)CC3)cc2)c(NC2CCCCC2)n1. The summed E-state index contributed by atoms with van der Waals surface area (Å²) in [5, 5.41) is 24.2. The van der Waals surface area contributed by atoms with Crippen molar-refractivity contribution < 1.29 is 41.9 Å². The molecule has 2 saturated heterocycles. The van der Waals surface area contributed by atoms with Gasteiger partial charge in [0.1, 0.15) is 11.9 Å². The molecule has 1 aromatic heterocycles. The Balaban J connectivity index is 0.749. The molecule has 1 saturated carbocycles. The Labute approximate surface area is 403 Å². The number of ether oxygens (including phenoxy) is 2. The molecule has 0 bridgehead atoms. The largest absolute Gasteiger partial charge is 0.384 e. The van der Waals surface area contributed by atoms with E-state index in [2.05, 4.69) is 38.5 Å². The number of hydrogen-bond acceptors (Lipinski definition) is 15. The van der Waals surface area contributed by atoms with Crippen molar-refractivity contribution in [2.24, 2.45) is 0 Å². The van der Waals surface area contributed by atoms with Gasteiger partial charge in [-0.2, -0.15) is 9.29 Å². The van der Waals surface area contributed by atoms with Gasteiger partial charge in [-0.3, -0.25) is 34.8 Å². The number of amides is 6. The van der Waals surface area contributed by atoms with Gasteiger partial charge < -0.3 is 35.6 Å². The van der Waals surface area contributed by atoms with Crippen molar-refractivity contribution in [3.8, 4) is 0 Å². The van der Waals surface area contributed by atoms with Crippen LogP contribution in [0.2, 0.25) is 0 Å². The molecule has 3 fully saturated rings. The molecule has 1 unspecified atom stereocenters. The number of rotatable bonds is 24. The van der Waals surface area contributed by atoms with E-state index in [1.165, 1.54) is 22.9 Å². The van der Waals surface area contributed by atoms with Crippen molar-refractivity contribution >= 4 is 62.8 Å². The van der Waals surface area contributed by atoms with E-state index in [4.69, 9.17) is 19.9 Å². The van der Waals surface area contributed by atoms with Crippen LogP contribution in [0.5, 0.6) is 0 Å². The maximum absolute atomic E-state index is 13.6. The molecule has 20 nitrogen and oxygen atoms in total. The van der Waals surface area contributed by atoms with Gasteiger partial charge in [-0.05, 0) is 69.2 Å². The minimum absolute atomic E-state index is 0.0562. The molecule has 4 heterocycles. The second-order valence-corrected chi connectivity index (χ2v) is 19.6. The molecule has 6 amide bonds. The summed E-state index contributed by atoms with van der Waals surface area (Å²) in [5.74, 6) is -1.06. The number of nitrogens with one attached hydrogen (secondary N) is 6. The Hall–Kier alpha value is -6.03. The Morgan fingerprint density at radius 1 is 0.826 bits per heavy atom. The first-order valence-electron chi connectivity index (χ1n) is 24.3. The van der Waals surface area contributed by atoms with Crippen LogP contribution in [-0.4, -0.2) is 152 Å².